The Bertz CT molecular complexity index is 495. The summed E-state index contributed by atoms with van der Waals surface area (Å²) in [5.41, 5.74) is 5.86. The Morgan fingerprint density at radius 3 is 2.19 bits per heavy atom. The molecule has 4 N–H and O–H groups in total. The van der Waals surface area contributed by atoms with Crippen LogP contribution in [-0.4, -0.2) is 30.9 Å². The summed E-state index contributed by atoms with van der Waals surface area (Å²) >= 11 is 0. The van der Waals surface area contributed by atoms with E-state index in [-0.39, 0.29) is 30.3 Å². The van der Waals surface area contributed by atoms with E-state index in [1.807, 2.05) is 20.8 Å². The molecule has 0 bridgehead atoms. The van der Waals surface area contributed by atoms with Gasteiger partial charge >= 0.3 is 0 Å². The number of hydrogen-bond acceptors (Lipinski definition) is 3. The molecular formula is C15H22FN3O2. The van der Waals surface area contributed by atoms with Gasteiger partial charge in [0.1, 0.15) is 5.82 Å². The number of carbonyl (C=O) groups excluding carboxylic acids is 2. The van der Waals surface area contributed by atoms with Crippen molar-refractivity contribution in [3.63, 3.8) is 0 Å². The van der Waals surface area contributed by atoms with Crippen LogP contribution < -0.4 is 16.4 Å². The fourth-order valence-electron chi connectivity index (χ4n) is 1.57. The lowest BCUT2D eigenvalue weighted by atomic mass is 9.87. The van der Waals surface area contributed by atoms with Crippen molar-refractivity contribution in [3.05, 3.63) is 35.6 Å². The van der Waals surface area contributed by atoms with Crippen LogP contribution in [0.2, 0.25) is 0 Å². The molecule has 0 heterocycles. The zero-order valence-electron chi connectivity index (χ0n) is 12.6. The first-order valence-electron chi connectivity index (χ1n) is 6.79. The van der Waals surface area contributed by atoms with Crippen molar-refractivity contribution < 1.29 is 14.0 Å². The molecule has 0 unspecified atom stereocenters. The quantitative estimate of drug-likeness (QED) is 0.710. The summed E-state index contributed by atoms with van der Waals surface area (Å²) in [5, 5.41) is 5.30. The maximum Gasteiger partial charge on any atom is 0.251 e. The van der Waals surface area contributed by atoms with E-state index >= 15 is 0 Å². The van der Waals surface area contributed by atoms with Crippen LogP contribution in [0.15, 0.2) is 24.3 Å². The number of nitrogens with two attached hydrogens (primary N) is 1. The lowest BCUT2D eigenvalue weighted by Crippen LogP contribution is -2.49. The summed E-state index contributed by atoms with van der Waals surface area (Å²) < 4.78 is 12.7. The molecular weight excluding hydrogens is 273 g/mol. The molecule has 0 aromatic heterocycles. The van der Waals surface area contributed by atoms with Gasteiger partial charge in [-0.25, -0.2) is 4.39 Å². The van der Waals surface area contributed by atoms with Crippen LogP contribution in [-0.2, 0) is 4.79 Å². The maximum absolute atomic E-state index is 12.7. The Hall–Kier alpha value is -1.95. The molecule has 1 atom stereocenters. The summed E-state index contributed by atoms with van der Waals surface area (Å²) in [6, 6.07) is 4.64. The van der Waals surface area contributed by atoms with E-state index < -0.39 is 11.9 Å². The van der Waals surface area contributed by atoms with Gasteiger partial charge in [0.25, 0.3) is 5.91 Å². The van der Waals surface area contributed by atoms with Crippen LogP contribution >= 0.6 is 0 Å². The Morgan fingerprint density at radius 2 is 1.67 bits per heavy atom. The van der Waals surface area contributed by atoms with Crippen LogP contribution in [0.3, 0.4) is 0 Å². The lowest BCUT2D eigenvalue weighted by molar-refractivity contribution is -0.124. The molecule has 0 fully saturated rings. The Morgan fingerprint density at radius 1 is 1.14 bits per heavy atom. The highest BCUT2D eigenvalue weighted by Gasteiger charge is 2.26. The molecule has 6 heteroatoms. The molecule has 0 saturated heterocycles. The van der Waals surface area contributed by atoms with Gasteiger partial charge in [-0.15, -0.1) is 0 Å². The van der Waals surface area contributed by atoms with Gasteiger partial charge < -0.3 is 16.4 Å². The fourth-order valence-corrected chi connectivity index (χ4v) is 1.57. The molecule has 1 rings (SSSR count). The van der Waals surface area contributed by atoms with Crippen molar-refractivity contribution in [1.29, 1.82) is 0 Å². The molecule has 1 aromatic carbocycles. The molecule has 0 aliphatic rings. The third-order valence-electron chi connectivity index (χ3n) is 3.03. The highest BCUT2D eigenvalue weighted by molar-refractivity contribution is 5.94. The van der Waals surface area contributed by atoms with Crippen LogP contribution in [0.5, 0.6) is 0 Å². The standard InChI is InChI=1S/C15H22FN3O2/c1-15(2,3)12(17)14(21)19-9-8-18-13(20)10-4-6-11(16)7-5-10/h4-7,12H,8-9,17H2,1-3H3,(H,18,20)(H,19,21)/t12-/m1/s1. The number of rotatable bonds is 5. The van der Waals surface area contributed by atoms with E-state index in [0.717, 1.165) is 0 Å². The monoisotopic (exact) mass is 295 g/mol. The lowest BCUT2D eigenvalue weighted by Gasteiger charge is -2.25. The van der Waals surface area contributed by atoms with Gasteiger partial charge in [0.05, 0.1) is 6.04 Å². The Labute approximate surface area is 124 Å². The normalized spacial score (nSPS) is 12.6. The first-order valence-corrected chi connectivity index (χ1v) is 6.79. The second-order valence-electron chi connectivity index (χ2n) is 5.90. The summed E-state index contributed by atoms with van der Waals surface area (Å²) in [6.45, 7) is 6.21. The second kappa shape index (κ2) is 7.17. The molecule has 0 aliphatic carbocycles. The molecule has 0 saturated carbocycles. The first kappa shape index (κ1) is 17.1. The maximum atomic E-state index is 12.7. The minimum atomic E-state index is -0.606. The van der Waals surface area contributed by atoms with Crippen molar-refractivity contribution in [1.82, 2.24) is 10.6 Å². The van der Waals surface area contributed by atoms with E-state index in [9.17, 15) is 14.0 Å². The zero-order chi connectivity index (χ0) is 16.0. The number of halogens is 1. The zero-order valence-corrected chi connectivity index (χ0v) is 12.6. The number of hydrogen-bond donors (Lipinski definition) is 3. The topological polar surface area (TPSA) is 84.2 Å². The highest BCUT2D eigenvalue weighted by atomic mass is 19.1. The Kier molecular flexibility index (Phi) is 5.84. The number of amides is 2. The predicted octanol–water partition coefficient (Wildman–Crippen LogP) is 1.05. The van der Waals surface area contributed by atoms with Crippen molar-refractivity contribution >= 4 is 11.8 Å². The highest BCUT2D eigenvalue weighted by Crippen LogP contribution is 2.16. The van der Waals surface area contributed by atoms with Crippen LogP contribution in [0.25, 0.3) is 0 Å². The van der Waals surface area contributed by atoms with Crippen molar-refractivity contribution in [2.45, 2.75) is 26.8 Å². The van der Waals surface area contributed by atoms with Gasteiger partial charge in [0, 0.05) is 18.7 Å². The van der Waals surface area contributed by atoms with E-state index in [1.54, 1.807) is 0 Å². The van der Waals surface area contributed by atoms with Gasteiger partial charge in [0.15, 0.2) is 0 Å². The summed E-state index contributed by atoms with van der Waals surface area (Å²) in [4.78, 5) is 23.5. The minimum Gasteiger partial charge on any atom is -0.353 e. The predicted molar refractivity (Wildman–Crippen MR) is 79.2 cm³/mol. The van der Waals surface area contributed by atoms with Gasteiger partial charge in [-0.1, -0.05) is 20.8 Å². The molecule has 1 aromatic rings. The van der Waals surface area contributed by atoms with Crippen LogP contribution in [0.4, 0.5) is 4.39 Å². The molecule has 0 aliphatic heterocycles. The van der Waals surface area contributed by atoms with E-state index in [4.69, 9.17) is 5.73 Å². The van der Waals surface area contributed by atoms with E-state index in [1.165, 1.54) is 24.3 Å². The third kappa shape index (κ3) is 5.51. The van der Waals surface area contributed by atoms with Crippen molar-refractivity contribution in [2.24, 2.45) is 11.1 Å². The van der Waals surface area contributed by atoms with Crippen molar-refractivity contribution in [3.8, 4) is 0 Å². The Balaban J connectivity index is 2.33. The van der Waals surface area contributed by atoms with Gasteiger partial charge in [-0.2, -0.15) is 0 Å². The average Bonchev–Trinajstić information content (AvgIpc) is 2.42. The van der Waals surface area contributed by atoms with E-state index in [0.29, 0.717) is 5.56 Å². The SMILES string of the molecule is CC(C)(C)[C@H](N)C(=O)NCCNC(=O)c1ccc(F)cc1. The van der Waals surface area contributed by atoms with Gasteiger partial charge in [0.2, 0.25) is 5.91 Å². The summed E-state index contributed by atoms with van der Waals surface area (Å²) in [5.74, 6) is -0.960. The average molecular weight is 295 g/mol. The van der Waals surface area contributed by atoms with Crippen molar-refractivity contribution in [2.75, 3.05) is 13.1 Å². The number of nitrogens with one attached hydrogen (secondary N) is 2. The van der Waals surface area contributed by atoms with Gasteiger partial charge in [-0.3, -0.25) is 9.59 Å². The van der Waals surface area contributed by atoms with Crippen LogP contribution in [0, 0.1) is 11.2 Å². The minimum absolute atomic E-state index is 0.251. The van der Waals surface area contributed by atoms with Crippen LogP contribution in [0.1, 0.15) is 31.1 Å². The molecule has 5 nitrogen and oxygen atoms in total. The fraction of sp³-hybridized carbons (Fsp3) is 0.467. The summed E-state index contributed by atoms with van der Waals surface area (Å²) in [7, 11) is 0. The molecule has 2 amide bonds. The molecule has 21 heavy (non-hydrogen) atoms. The number of benzene rings is 1. The largest absolute Gasteiger partial charge is 0.353 e. The second-order valence-corrected chi connectivity index (χ2v) is 5.90. The van der Waals surface area contributed by atoms with Gasteiger partial charge in [-0.05, 0) is 29.7 Å². The smallest absolute Gasteiger partial charge is 0.251 e. The molecule has 0 spiro atoms. The molecule has 116 valence electrons. The number of carbonyl (C=O) groups is 2. The first-order chi connectivity index (χ1) is 9.71. The molecule has 0 radical (unpaired) electrons. The van der Waals surface area contributed by atoms with E-state index in [2.05, 4.69) is 10.6 Å². The summed E-state index contributed by atoms with van der Waals surface area (Å²) in [6.07, 6.45) is 0. The third-order valence-corrected chi connectivity index (χ3v) is 3.03.